The topological polar surface area (TPSA) is 68.2 Å². The highest BCUT2D eigenvalue weighted by Crippen LogP contribution is 2.34. The molecule has 3 rings (SSSR count). The first kappa shape index (κ1) is 15.8. The van der Waals surface area contributed by atoms with Crippen LogP contribution in [-0.4, -0.2) is 13.0 Å². The number of nitrogens with one attached hydrogen (secondary N) is 1. The number of nitrogens with zero attached hydrogens (tertiary/aromatic N) is 1. The van der Waals surface area contributed by atoms with Crippen molar-refractivity contribution in [2.75, 3.05) is 4.72 Å². The van der Waals surface area contributed by atoms with Crippen LogP contribution in [0, 0.1) is 6.92 Å². The van der Waals surface area contributed by atoms with Gasteiger partial charge in [-0.25, -0.2) is 8.42 Å². The van der Waals surface area contributed by atoms with Gasteiger partial charge in [-0.05, 0) is 26.0 Å². The zero-order valence-electron chi connectivity index (χ0n) is 12.7. The third kappa shape index (κ3) is 2.89. The van der Waals surface area contributed by atoms with Crippen molar-refractivity contribution in [3.8, 4) is 0 Å². The Balaban J connectivity index is 2.08. The van der Waals surface area contributed by atoms with Gasteiger partial charge in [0.2, 0.25) is 0 Å². The Hall–Kier alpha value is -2.12. The number of aryl methyl sites for hydroxylation is 2. The van der Waals surface area contributed by atoms with Crippen LogP contribution in [0.2, 0.25) is 0 Å². The molecule has 1 aromatic carbocycles. The fraction of sp³-hybridized carbons (Fsp3) is 0.188. The van der Waals surface area contributed by atoms with Gasteiger partial charge in [-0.3, -0.25) is 9.52 Å². The number of hydrogen-bond donors (Lipinski definition) is 1. The SMILES string of the molecule is CCn1cc(NS(=O)(=O)c2c(C)sc3ccccc23)ccc1=O. The van der Waals surface area contributed by atoms with E-state index in [1.165, 1.54) is 34.2 Å². The molecule has 7 heteroatoms. The molecule has 0 spiro atoms. The first-order valence-electron chi connectivity index (χ1n) is 7.14. The number of rotatable bonds is 4. The molecule has 0 aliphatic rings. The Kier molecular flexibility index (Phi) is 3.99. The van der Waals surface area contributed by atoms with E-state index < -0.39 is 10.0 Å². The Labute approximate surface area is 138 Å². The molecule has 5 nitrogen and oxygen atoms in total. The van der Waals surface area contributed by atoms with Crippen LogP contribution in [0.5, 0.6) is 0 Å². The molecule has 2 aromatic heterocycles. The Morgan fingerprint density at radius 3 is 2.65 bits per heavy atom. The monoisotopic (exact) mass is 348 g/mol. The van der Waals surface area contributed by atoms with Crippen LogP contribution in [-0.2, 0) is 16.6 Å². The molecule has 0 aliphatic heterocycles. The van der Waals surface area contributed by atoms with E-state index in [0.29, 0.717) is 22.5 Å². The minimum Gasteiger partial charge on any atom is -0.314 e. The number of thiophene rings is 1. The summed E-state index contributed by atoms with van der Waals surface area (Å²) in [5, 5.41) is 0.714. The van der Waals surface area contributed by atoms with E-state index in [0.717, 1.165) is 9.58 Å². The molecular formula is C16H16N2O3S2. The minimum absolute atomic E-state index is 0.160. The maximum atomic E-state index is 12.8. The fourth-order valence-corrected chi connectivity index (χ4v) is 5.38. The highest BCUT2D eigenvalue weighted by molar-refractivity contribution is 7.93. The number of pyridine rings is 1. The zero-order valence-corrected chi connectivity index (χ0v) is 14.4. The fourth-order valence-electron chi connectivity index (χ4n) is 2.52. The summed E-state index contributed by atoms with van der Waals surface area (Å²) >= 11 is 1.45. The number of sulfonamides is 1. The van der Waals surface area contributed by atoms with Gasteiger partial charge in [-0.1, -0.05) is 18.2 Å². The number of aromatic nitrogens is 1. The van der Waals surface area contributed by atoms with Gasteiger partial charge in [-0.2, -0.15) is 0 Å². The normalized spacial score (nSPS) is 11.7. The third-order valence-electron chi connectivity index (χ3n) is 3.56. The molecule has 120 valence electrons. The molecule has 0 unspecified atom stereocenters. The Morgan fingerprint density at radius 2 is 1.91 bits per heavy atom. The summed E-state index contributed by atoms with van der Waals surface area (Å²) in [5.41, 5.74) is 0.216. The summed E-state index contributed by atoms with van der Waals surface area (Å²) < 4.78 is 30.5. The third-order valence-corrected chi connectivity index (χ3v) is 6.34. The summed E-state index contributed by atoms with van der Waals surface area (Å²) in [7, 11) is -3.72. The van der Waals surface area contributed by atoms with Gasteiger partial charge in [0.15, 0.2) is 0 Å². The molecule has 0 saturated carbocycles. The summed E-state index contributed by atoms with van der Waals surface area (Å²) in [6.07, 6.45) is 1.52. The molecule has 23 heavy (non-hydrogen) atoms. The van der Waals surface area contributed by atoms with E-state index in [1.807, 2.05) is 25.1 Å². The molecular weight excluding hydrogens is 332 g/mol. The summed E-state index contributed by atoms with van der Waals surface area (Å²) in [4.78, 5) is 12.6. The van der Waals surface area contributed by atoms with Gasteiger partial charge in [0.1, 0.15) is 4.90 Å². The van der Waals surface area contributed by atoms with Crippen LogP contribution in [0.4, 0.5) is 5.69 Å². The van der Waals surface area contributed by atoms with E-state index in [-0.39, 0.29) is 5.56 Å². The van der Waals surface area contributed by atoms with Crippen molar-refractivity contribution in [1.29, 1.82) is 0 Å². The molecule has 0 fully saturated rings. The smallest absolute Gasteiger partial charge is 0.263 e. The highest BCUT2D eigenvalue weighted by atomic mass is 32.2. The molecule has 0 radical (unpaired) electrons. The van der Waals surface area contributed by atoms with Crippen LogP contribution in [0.3, 0.4) is 0 Å². The van der Waals surface area contributed by atoms with E-state index in [9.17, 15) is 13.2 Å². The average molecular weight is 348 g/mol. The summed E-state index contributed by atoms with van der Waals surface area (Å²) in [5.74, 6) is 0. The molecule has 0 bridgehead atoms. The van der Waals surface area contributed by atoms with E-state index >= 15 is 0 Å². The van der Waals surface area contributed by atoms with Crippen LogP contribution in [0.25, 0.3) is 10.1 Å². The summed E-state index contributed by atoms with van der Waals surface area (Å²) in [6.45, 7) is 4.11. The second-order valence-electron chi connectivity index (χ2n) is 5.13. The van der Waals surface area contributed by atoms with Crippen molar-refractivity contribution in [2.45, 2.75) is 25.3 Å². The maximum absolute atomic E-state index is 12.8. The zero-order chi connectivity index (χ0) is 16.6. The first-order valence-corrected chi connectivity index (χ1v) is 9.44. The van der Waals surface area contributed by atoms with Crippen molar-refractivity contribution >= 4 is 37.1 Å². The standard InChI is InChI=1S/C16H16N2O3S2/c1-3-18-10-12(8-9-15(18)19)17-23(20,21)16-11(2)22-14-7-5-4-6-13(14)16/h4-10,17H,3H2,1-2H3. The lowest BCUT2D eigenvalue weighted by Crippen LogP contribution is -2.20. The van der Waals surface area contributed by atoms with Gasteiger partial charge in [0.05, 0.1) is 5.69 Å². The predicted octanol–water partition coefficient (Wildman–Crippen LogP) is 3.19. The summed E-state index contributed by atoms with van der Waals surface area (Å²) in [6, 6.07) is 10.3. The van der Waals surface area contributed by atoms with Gasteiger partial charge in [0, 0.05) is 33.8 Å². The quantitative estimate of drug-likeness (QED) is 0.787. The highest BCUT2D eigenvalue weighted by Gasteiger charge is 2.22. The van der Waals surface area contributed by atoms with Crippen LogP contribution >= 0.6 is 11.3 Å². The van der Waals surface area contributed by atoms with Crippen LogP contribution in [0.1, 0.15) is 11.8 Å². The lowest BCUT2D eigenvalue weighted by atomic mass is 10.2. The van der Waals surface area contributed by atoms with Crippen LogP contribution < -0.4 is 10.3 Å². The number of fused-ring (bicyclic) bond motifs is 1. The Morgan fingerprint density at radius 1 is 1.17 bits per heavy atom. The average Bonchev–Trinajstić information content (AvgIpc) is 2.85. The second kappa shape index (κ2) is 5.82. The lowest BCUT2D eigenvalue weighted by Gasteiger charge is -2.10. The molecule has 0 amide bonds. The molecule has 0 saturated heterocycles. The number of hydrogen-bond acceptors (Lipinski definition) is 4. The van der Waals surface area contributed by atoms with Crippen molar-refractivity contribution in [2.24, 2.45) is 0 Å². The number of anilines is 1. The maximum Gasteiger partial charge on any atom is 0.263 e. The molecule has 2 heterocycles. The van der Waals surface area contributed by atoms with E-state index in [4.69, 9.17) is 0 Å². The molecule has 1 N–H and O–H groups in total. The number of benzene rings is 1. The van der Waals surface area contributed by atoms with E-state index in [1.54, 1.807) is 13.0 Å². The van der Waals surface area contributed by atoms with Crippen molar-refractivity contribution in [3.05, 3.63) is 57.8 Å². The molecule has 0 atom stereocenters. The first-order chi connectivity index (χ1) is 10.9. The van der Waals surface area contributed by atoms with Crippen molar-refractivity contribution < 1.29 is 8.42 Å². The molecule has 3 aromatic rings. The minimum atomic E-state index is -3.72. The van der Waals surface area contributed by atoms with Crippen molar-refractivity contribution in [3.63, 3.8) is 0 Å². The Bertz CT molecular complexity index is 1030. The second-order valence-corrected chi connectivity index (χ2v) is 8.01. The van der Waals surface area contributed by atoms with E-state index in [2.05, 4.69) is 4.72 Å². The molecule has 0 aliphatic carbocycles. The van der Waals surface area contributed by atoms with Crippen molar-refractivity contribution in [1.82, 2.24) is 4.57 Å². The lowest BCUT2D eigenvalue weighted by molar-refractivity contribution is 0.601. The van der Waals surface area contributed by atoms with Gasteiger partial charge in [0.25, 0.3) is 15.6 Å². The van der Waals surface area contributed by atoms with Gasteiger partial charge in [-0.15, -0.1) is 11.3 Å². The van der Waals surface area contributed by atoms with Gasteiger partial charge >= 0.3 is 0 Å². The van der Waals surface area contributed by atoms with Gasteiger partial charge < -0.3 is 4.57 Å². The largest absolute Gasteiger partial charge is 0.314 e. The predicted molar refractivity (Wildman–Crippen MR) is 93.7 cm³/mol. The van der Waals surface area contributed by atoms with Crippen LogP contribution in [0.15, 0.2) is 52.3 Å².